The van der Waals surface area contributed by atoms with Crippen LogP contribution >= 0.6 is 0 Å². The highest BCUT2D eigenvalue weighted by Gasteiger charge is 2.25. The van der Waals surface area contributed by atoms with E-state index in [2.05, 4.69) is 63.7 Å². The fraction of sp³-hybridized carbons (Fsp3) is 0.185. The standard InChI is InChI=1S/C27H25N3O/c31-27(29-24-18-23-8-4-5-9-26(23)28-19-24)22-14-16-30(17-15-22)25-12-10-21(11-13-25)20-6-2-1-3-7-20/h1-13,18-19,22H,14-17H2,(H,29,31). The molecule has 0 spiro atoms. The number of pyridine rings is 1. The zero-order valence-electron chi connectivity index (χ0n) is 17.4. The maximum absolute atomic E-state index is 12.8. The van der Waals surface area contributed by atoms with Gasteiger partial charge in [-0.1, -0.05) is 60.7 Å². The number of carbonyl (C=O) groups excluding carboxylic acids is 1. The molecule has 1 fully saturated rings. The number of hydrogen-bond donors (Lipinski definition) is 1. The summed E-state index contributed by atoms with van der Waals surface area (Å²) in [6, 6.07) is 29.1. The summed E-state index contributed by atoms with van der Waals surface area (Å²) in [6.07, 6.45) is 3.45. The van der Waals surface area contributed by atoms with Gasteiger partial charge < -0.3 is 10.2 Å². The molecule has 0 atom stereocenters. The van der Waals surface area contributed by atoms with E-state index in [9.17, 15) is 4.79 Å². The van der Waals surface area contributed by atoms with Gasteiger partial charge in [0.25, 0.3) is 0 Å². The van der Waals surface area contributed by atoms with Crippen LogP contribution in [-0.4, -0.2) is 24.0 Å². The monoisotopic (exact) mass is 407 g/mol. The van der Waals surface area contributed by atoms with Gasteiger partial charge in [0.1, 0.15) is 0 Å². The van der Waals surface area contributed by atoms with E-state index >= 15 is 0 Å². The van der Waals surface area contributed by atoms with Crippen LogP contribution < -0.4 is 10.2 Å². The molecule has 1 aromatic heterocycles. The molecule has 154 valence electrons. The molecule has 0 aliphatic carbocycles. The van der Waals surface area contributed by atoms with Crippen molar-refractivity contribution in [3.63, 3.8) is 0 Å². The van der Waals surface area contributed by atoms with Gasteiger partial charge in [0, 0.05) is 30.1 Å². The molecule has 4 aromatic rings. The number of benzene rings is 3. The Morgan fingerprint density at radius 1 is 0.839 bits per heavy atom. The minimum absolute atomic E-state index is 0.0336. The molecule has 2 heterocycles. The summed E-state index contributed by atoms with van der Waals surface area (Å²) < 4.78 is 0. The van der Waals surface area contributed by atoms with E-state index in [4.69, 9.17) is 0 Å². The lowest BCUT2D eigenvalue weighted by Gasteiger charge is -2.33. The maximum Gasteiger partial charge on any atom is 0.227 e. The van der Waals surface area contributed by atoms with Crippen LogP contribution in [0.3, 0.4) is 0 Å². The van der Waals surface area contributed by atoms with Gasteiger partial charge in [-0.15, -0.1) is 0 Å². The second kappa shape index (κ2) is 8.60. The SMILES string of the molecule is O=C(Nc1cnc2ccccc2c1)C1CCN(c2ccc(-c3ccccc3)cc2)CC1. The number of piperidine rings is 1. The van der Waals surface area contributed by atoms with E-state index in [1.165, 1.54) is 16.8 Å². The Bertz CT molecular complexity index is 1180. The molecule has 1 saturated heterocycles. The molecule has 0 bridgehead atoms. The van der Waals surface area contributed by atoms with Crippen molar-refractivity contribution < 1.29 is 4.79 Å². The van der Waals surface area contributed by atoms with E-state index in [-0.39, 0.29) is 11.8 Å². The first-order valence-electron chi connectivity index (χ1n) is 10.8. The van der Waals surface area contributed by atoms with Gasteiger partial charge in [-0.25, -0.2) is 0 Å². The number of para-hydroxylation sites is 1. The van der Waals surface area contributed by atoms with Crippen molar-refractivity contribution >= 4 is 28.2 Å². The van der Waals surface area contributed by atoms with Crippen molar-refractivity contribution in [3.8, 4) is 11.1 Å². The first kappa shape index (κ1) is 19.3. The van der Waals surface area contributed by atoms with Crippen molar-refractivity contribution in [1.29, 1.82) is 0 Å². The van der Waals surface area contributed by atoms with Crippen molar-refractivity contribution in [1.82, 2.24) is 4.98 Å². The third-order valence-electron chi connectivity index (χ3n) is 6.06. The van der Waals surface area contributed by atoms with Crippen molar-refractivity contribution in [3.05, 3.63) is 91.1 Å². The molecule has 1 aliphatic rings. The quantitative estimate of drug-likeness (QED) is 0.468. The molecule has 4 heteroatoms. The van der Waals surface area contributed by atoms with Gasteiger partial charge >= 0.3 is 0 Å². The van der Waals surface area contributed by atoms with Crippen LogP contribution in [0.25, 0.3) is 22.0 Å². The second-order valence-electron chi connectivity index (χ2n) is 8.08. The number of anilines is 2. The van der Waals surface area contributed by atoms with Crippen molar-refractivity contribution in [2.24, 2.45) is 5.92 Å². The molecule has 0 unspecified atom stereocenters. The number of carbonyl (C=O) groups is 1. The number of nitrogens with zero attached hydrogens (tertiary/aromatic N) is 2. The number of rotatable bonds is 4. The third-order valence-corrected chi connectivity index (χ3v) is 6.06. The van der Waals surface area contributed by atoms with Crippen LogP contribution in [0.5, 0.6) is 0 Å². The highest BCUT2D eigenvalue weighted by atomic mass is 16.1. The molecule has 0 saturated carbocycles. The fourth-order valence-electron chi connectivity index (χ4n) is 4.28. The van der Waals surface area contributed by atoms with Gasteiger partial charge in [-0.2, -0.15) is 0 Å². The van der Waals surface area contributed by atoms with Gasteiger partial charge in [-0.05, 0) is 48.2 Å². The normalized spacial score (nSPS) is 14.5. The van der Waals surface area contributed by atoms with Gasteiger partial charge in [-0.3, -0.25) is 9.78 Å². The summed E-state index contributed by atoms with van der Waals surface area (Å²) >= 11 is 0. The third kappa shape index (κ3) is 4.29. The molecular weight excluding hydrogens is 382 g/mol. The van der Waals surface area contributed by atoms with Gasteiger partial charge in [0.15, 0.2) is 0 Å². The van der Waals surface area contributed by atoms with Gasteiger partial charge in [0.2, 0.25) is 5.91 Å². The Morgan fingerprint density at radius 3 is 2.29 bits per heavy atom. The van der Waals surface area contributed by atoms with E-state index in [0.717, 1.165) is 42.5 Å². The second-order valence-corrected chi connectivity index (χ2v) is 8.08. The lowest BCUT2D eigenvalue weighted by atomic mass is 9.95. The first-order valence-corrected chi connectivity index (χ1v) is 10.8. The minimum Gasteiger partial charge on any atom is -0.371 e. The molecule has 31 heavy (non-hydrogen) atoms. The highest BCUT2D eigenvalue weighted by molar-refractivity contribution is 5.94. The number of aromatic nitrogens is 1. The Kier molecular flexibility index (Phi) is 5.36. The average molecular weight is 408 g/mol. The van der Waals surface area contributed by atoms with Crippen LogP contribution in [0, 0.1) is 5.92 Å². The summed E-state index contributed by atoms with van der Waals surface area (Å²) in [5, 5.41) is 4.10. The summed E-state index contributed by atoms with van der Waals surface area (Å²) in [7, 11) is 0. The number of fused-ring (bicyclic) bond motifs is 1. The fourth-order valence-corrected chi connectivity index (χ4v) is 4.28. The zero-order valence-corrected chi connectivity index (χ0v) is 17.4. The van der Waals surface area contributed by atoms with Crippen molar-refractivity contribution in [2.75, 3.05) is 23.3 Å². The zero-order chi connectivity index (χ0) is 21.0. The van der Waals surface area contributed by atoms with E-state index in [1.54, 1.807) is 6.20 Å². The predicted molar refractivity (Wildman–Crippen MR) is 127 cm³/mol. The first-order chi connectivity index (χ1) is 15.3. The highest BCUT2D eigenvalue weighted by Crippen LogP contribution is 2.27. The molecular formula is C27H25N3O. The van der Waals surface area contributed by atoms with Crippen LogP contribution in [0.2, 0.25) is 0 Å². The molecule has 3 aromatic carbocycles. The minimum atomic E-state index is 0.0336. The van der Waals surface area contributed by atoms with Crippen molar-refractivity contribution in [2.45, 2.75) is 12.8 Å². The molecule has 1 N–H and O–H groups in total. The lowest BCUT2D eigenvalue weighted by Crippen LogP contribution is -2.38. The molecule has 1 aliphatic heterocycles. The Hall–Kier alpha value is -3.66. The summed E-state index contributed by atoms with van der Waals surface area (Å²) in [4.78, 5) is 19.6. The molecule has 4 nitrogen and oxygen atoms in total. The Morgan fingerprint density at radius 2 is 1.52 bits per heavy atom. The van der Waals surface area contributed by atoms with E-state index in [0.29, 0.717) is 0 Å². The van der Waals surface area contributed by atoms with Crippen LogP contribution in [0.4, 0.5) is 11.4 Å². The molecule has 5 rings (SSSR count). The predicted octanol–water partition coefficient (Wildman–Crippen LogP) is 5.76. The summed E-state index contributed by atoms with van der Waals surface area (Å²) in [5.41, 5.74) is 5.38. The number of hydrogen-bond acceptors (Lipinski definition) is 3. The van der Waals surface area contributed by atoms with E-state index in [1.807, 2.05) is 36.4 Å². The Labute approximate surface area is 182 Å². The van der Waals surface area contributed by atoms with E-state index < -0.39 is 0 Å². The lowest BCUT2D eigenvalue weighted by molar-refractivity contribution is -0.120. The average Bonchev–Trinajstić information content (AvgIpc) is 2.85. The molecule has 0 radical (unpaired) electrons. The number of nitrogens with one attached hydrogen (secondary N) is 1. The smallest absolute Gasteiger partial charge is 0.227 e. The Balaban J connectivity index is 1.19. The van der Waals surface area contributed by atoms with Crippen LogP contribution in [0.15, 0.2) is 91.1 Å². The topological polar surface area (TPSA) is 45.2 Å². The largest absolute Gasteiger partial charge is 0.371 e. The van der Waals surface area contributed by atoms with Crippen LogP contribution in [-0.2, 0) is 4.79 Å². The number of amides is 1. The van der Waals surface area contributed by atoms with Crippen LogP contribution in [0.1, 0.15) is 12.8 Å². The maximum atomic E-state index is 12.8. The summed E-state index contributed by atoms with van der Waals surface area (Å²) in [6.45, 7) is 1.78. The van der Waals surface area contributed by atoms with Gasteiger partial charge in [0.05, 0.1) is 17.4 Å². The molecule has 1 amide bonds. The summed E-state index contributed by atoms with van der Waals surface area (Å²) in [5.74, 6) is 0.127.